The number of hydrogen-bond donors (Lipinski definition) is 2. The van der Waals surface area contributed by atoms with E-state index < -0.39 is 6.29 Å². The smallest absolute Gasteiger partial charge is 0.152 e. The van der Waals surface area contributed by atoms with Crippen molar-refractivity contribution in [2.75, 3.05) is 0 Å². The van der Waals surface area contributed by atoms with Crippen LogP contribution in [0.25, 0.3) is 65.7 Å². The van der Waals surface area contributed by atoms with Crippen LogP contribution in [-0.2, 0) is 13.1 Å². The highest BCUT2D eigenvalue weighted by Gasteiger charge is 2.23. The predicted octanol–water partition coefficient (Wildman–Crippen LogP) is 9.22. The van der Waals surface area contributed by atoms with Crippen LogP contribution in [0.15, 0.2) is 142 Å². The van der Waals surface area contributed by atoms with Gasteiger partial charge in [0, 0.05) is 57.0 Å². The summed E-state index contributed by atoms with van der Waals surface area (Å²) in [6.07, 6.45) is -0.538. The summed E-state index contributed by atoms with van der Waals surface area (Å²) in [4.78, 5) is 0. The van der Waals surface area contributed by atoms with Gasteiger partial charge in [-0.15, -0.1) is 0 Å². The number of para-hydroxylation sites is 4. The van der Waals surface area contributed by atoms with Crippen molar-refractivity contribution in [3.8, 4) is 0 Å². The molecular formula is C39H30N4O2. The fraction of sp³-hybridized carbons (Fsp3) is 0.0769. The minimum atomic E-state index is -0.538. The van der Waals surface area contributed by atoms with Crippen LogP contribution in [0.2, 0.25) is 0 Å². The molecule has 0 spiro atoms. The van der Waals surface area contributed by atoms with Gasteiger partial charge in [-0.2, -0.15) is 0 Å². The lowest BCUT2D eigenvalue weighted by Gasteiger charge is -2.31. The maximum atomic E-state index is 7.29. The summed E-state index contributed by atoms with van der Waals surface area (Å²) >= 11 is 0. The fourth-order valence-electron chi connectivity index (χ4n) is 6.80. The molecule has 6 nitrogen and oxygen atoms in total. The summed E-state index contributed by atoms with van der Waals surface area (Å²) in [5.41, 5.74) is 18.8. The highest BCUT2D eigenvalue weighted by molar-refractivity contribution is 6.16. The third-order valence-corrected chi connectivity index (χ3v) is 8.95. The monoisotopic (exact) mass is 586 g/mol. The molecule has 9 aromatic rings. The van der Waals surface area contributed by atoms with Gasteiger partial charge in [-0.1, -0.05) is 103 Å². The highest BCUT2D eigenvalue weighted by Crippen LogP contribution is 2.38. The summed E-state index contributed by atoms with van der Waals surface area (Å²) in [7, 11) is 0. The van der Waals surface area contributed by atoms with Crippen LogP contribution in [0.1, 0.15) is 17.4 Å². The number of hydrogen-bond acceptors (Lipinski definition) is 5. The number of fused-ring (bicyclic) bond motifs is 9. The topological polar surface area (TPSA) is 72.5 Å². The molecular weight excluding hydrogens is 556 g/mol. The Morgan fingerprint density at radius 3 is 2.07 bits per heavy atom. The Kier molecular flexibility index (Phi) is 5.99. The van der Waals surface area contributed by atoms with Gasteiger partial charge in [0.15, 0.2) is 6.29 Å². The van der Waals surface area contributed by atoms with E-state index in [-0.39, 0.29) is 0 Å². The van der Waals surface area contributed by atoms with Crippen LogP contribution < -0.4 is 11.2 Å². The second kappa shape index (κ2) is 10.4. The fourth-order valence-corrected chi connectivity index (χ4v) is 6.80. The van der Waals surface area contributed by atoms with Crippen LogP contribution in [0, 0.1) is 0 Å². The molecule has 9 rings (SSSR count). The summed E-state index contributed by atoms with van der Waals surface area (Å²) in [6, 6.07) is 46.0. The van der Waals surface area contributed by atoms with Crippen molar-refractivity contribution in [1.82, 2.24) is 15.0 Å². The van der Waals surface area contributed by atoms with Crippen molar-refractivity contribution in [3.05, 3.63) is 145 Å². The molecule has 1 unspecified atom stereocenters. The molecule has 3 N–H and O–H groups in total. The van der Waals surface area contributed by atoms with Crippen molar-refractivity contribution >= 4 is 65.7 Å². The molecule has 0 saturated heterocycles. The van der Waals surface area contributed by atoms with Gasteiger partial charge in [0.25, 0.3) is 0 Å². The number of hydrazine groups is 1. The normalized spacial score (nSPS) is 12.9. The second-order valence-electron chi connectivity index (χ2n) is 11.6. The van der Waals surface area contributed by atoms with E-state index in [4.69, 9.17) is 14.6 Å². The highest BCUT2D eigenvalue weighted by atomic mass is 16.3. The van der Waals surface area contributed by atoms with Crippen molar-refractivity contribution in [1.29, 1.82) is 0 Å². The first kappa shape index (κ1) is 26.0. The molecule has 45 heavy (non-hydrogen) atoms. The molecule has 0 fully saturated rings. The van der Waals surface area contributed by atoms with E-state index in [0.717, 1.165) is 76.8 Å². The Labute approximate surface area is 258 Å². The van der Waals surface area contributed by atoms with Gasteiger partial charge in [0.1, 0.15) is 22.3 Å². The lowest BCUT2D eigenvalue weighted by Crippen LogP contribution is -2.46. The number of nitrogens with two attached hydrogens (primary N) is 1. The molecule has 0 aliphatic rings. The zero-order valence-electron chi connectivity index (χ0n) is 24.5. The first-order valence-corrected chi connectivity index (χ1v) is 15.3. The van der Waals surface area contributed by atoms with Gasteiger partial charge in [0.2, 0.25) is 0 Å². The molecule has 0 aliphatic heterocycles. The molecule has 0 bridgehead atoms. The van der Waals surface area contributed by atoms with Gasteiger partial charge in [-0.3, -0.25) is 5.73 Å². The zero-order valence-corrected chi connectivity index (χ0v) is 24.5. The van der Waals surface area contributed by atoms with Gasteiger partial charge in [-0.25, -0.2) is 10.4 Å². The van der Waals surface area contributed by atoms with Crippen molar-refractivity contribution in [3.63, 3.8) is 0 Å². The van der Waals surface area contributed by atoms with E-state index in [1.807, 2.05) is 36.4 Å². The van der Waals surface area contributed by atoms with E-state index in [9.17, 15) is 0 Å². The van der Waals surface area contributed by atoms with E-state index in [1.165, 1.54) is 0 Å². The Morgan fingerprint density at radius 1 is 0.578 bits per heavy atom. The number of nitrogens with zero attached hydrogens (tertiary/aromatic N) is 2. The number of benzene rings is 6. The van der Waals surface area contributed by atoms with E-state index in [1.54, 1.807) is 0 Å². The molecule has 6 heteroatoms. The van der Waals surface area contributed by atoms with E-state index >= 15 is 0 Å². The average molecular weight is 587 g/mol. The van der Waals surface area contributed by atoms with Gasteiger partial charge in [-0.05, 0) is 29.8 Å². The lowest BCUT2D eigenvalue weighted by molar-refractivity contribution is 0.0735. The molecule has 6 aromatic carbocycles. The van der Waals surface area contributed by atoms with Gasteiger partial charge < -0.3 is 13.4 Å². The summed E-state index contributed by atoms with van der Waals surface area (Å²) in [5.74, 6) is 0. The SMILES string of the molecule is NC(N(Cc1ccccc1)NCc1cccc2c1oc1ccccc12)n1c2ccccc2c2cc3c(cc21)oc1ccccc13. The average Bonchev–Trinajstić information content (AvgIpc) is 3.75. The predicted molar refractivity (Wildman–Crippen MR) is 182 cm³/mol. The second-order valence-corrected chi connectivity index (χ2v) is 11.6. The molecule has 3 aromatic heterocycles. The summed E-state index contributed by atoms with van der Waals surface area (Å²) in [5, 5.41) is 8.87. The molecule has 218 valence electrons. The maximum Gasteiger partial charge on any atom is 0.152 e. The number of nitrogens with one attached hydrogen (secondary N) is 1. The third-order valence-electron chi connectivity index (χ3n) is 8.95. The van der Waals surface area contributed by atoms with Crippen LogP contribution in [0.3, 0.4) is 0 Å². The minimum Gasteiger partial charge on any atom is -0.456 e. The van der Waals surface area contributed by atoms with Gasteiger partial charge in [0.05, 0.1) is 11.0 Å². The van der Waals surface area contributed by atoms with E-state index in [2.05, 4.69) is 112 Å². The standard InChI is InChI=1S/C39H30N4O2/c40-39(43-33-18-7-4-14-27(33)31-21-32-29-16-6-8-19-35(29)44-37(32)22-34(31)43)42(24-25-11-2-1-3-12-25)41-23-26-13-10-17-30-28-15-5-9-20-36(28)45-38(26)30/h1-22,39,41H,23-24,40H2. The molecule has 0 amide bonds. The number of aromatic nitrogens is 1. The van der Waals surface area contributed by atoms with E-state index in [0.29, 0.717) is 13.1 Å². The Hall–Kier alpha value is -5.40. The third kappa shape index (κ3) is 4.23. The molecule has 0 radical (unpaired) electrons. The Bertz CT molecular complexity index is 2510. The summed E-state index contributed by atoms with van der Waals surface area (Å²) in [6.45, 7) is 1.14. The van der Waals surface area contributed by atoms with Gasteiger partial charge >= 0.3 is 0 Å². The Morgan fingerprint density at radius 2 is 1.24 bits per heavy atom. The minimum absolute atomic E-state index is 0.538. The van der Waals surface area contributed by atoms with Crippen LogP contribution in [0.4, 0.5) is 0 Å². The largest absolute Gasteiger partial charge is 0.456 e. The number of furan rings is 2. The number of rotatable bonds is 7. The maximum absolute atomic E-state index is 7.29. The zero-order chi connectivity index (χ0) is 29.9. The van der Waals surface area contributed by atoms with Crippen LogP contribution in [0.5, 0.6) is 0 Å². The van der Waals surface area contributed by atoms with Crippen molar-refractivity contribution in [2.45, 2.75) is 19.4 Å². The Balaban J connectivity index is 1.17. The molecule has 1 atom stereocenters. The summed E-state index contributed by atoms with van der Waals surface area (Å²) < 4.78 is 14.9. The van der Waals surface area contributed by atoms with Crippen molar-refractivity contribution in [2.24, 2.45) is 5.73 Å². The van der Waals surface area contributed by atoms with Crippen LogP contribution in [-0.4, -0.2) is 9.58 Å². The van der Waals surface area contributed by atoms with Crippen LogP contribution >= 0.6 is 0 Å². The first-order chi connectivity index (χ1) is 22.2. The molecule has 0 aliphatic carbocycles. The van der Waals surface area contributed by atoms with Crippen molar-refractivity contribution < 1.29 is 8.83 Å². The lowest BCUT2D eigenvalue weighted by atomic mass is 10.1. The quantitative estimate of drug-likeness (QED) is 0.144. The molecule has 3 heterocycles. The molecule has 0 saturated carbocycles. The first-order valence-electron chi connectivity index (χ1n) is 15.3.